The van der Waals surface area contributed by atoms with Crippen molar-refractivity contribution in [3.05, 3.63) is 47.7 Å². The smallest absolute Gasteiger partial charge is 0.319 e. The number of halogens is 2. The first-order valence-corrected chi connectivity index (χ1v) is 18.3. The monoisotopic (exact) mass is 713 g/mol. The lowest BCUT2D eigenvalue weighted by atomic mass is 9.71. The fourth-order valence-corrected chi connectivity index (χ4v) is 9.38. The number of aromatic hydroxyl groups is 1. The van der Waals surface area contributed by atoms with Crippen molar-refractivity contribution in [2.75, 3.05) is 58.1 Å². The number of fused-ring (bicyclic) bond motifs is 3. The Kier molecular flexibility index (Phi) is 9.18. The highest BCUT2D eigenvalue weighted by molar-refractivity contribution is 6.03. The van der Waals surface area contributed by atoms with Gasteiger partial charge < -0.3 is 29.3 Å². The van der Waals surface area contributed by atoms with E-state index >= 15 is 4.39 Å². The minimum absolute atomic E-state index is 0.0282. The average Bonchev–Trinajstić information content (AvgIpc) is 3.46. The summed E-state index contributed by atoms with van der Waals surface area (Å²) in [6, 6.07) is 6.46. The van der Waals surface area contributed by atoms with Crippen molar-refractivity contribution in [1.29, 1.82) is 0 Å². The van der Waals surface area contributed by atoms with Gasteiger partial charge in [0, 0.05) is 54.9 Å². The fraction of sp³-hybridized carbons (Fsp3) is 0.525. The van der Waals surface area contributed by atoms with Gasteiger partial charge in [-0.25, -0.2) is 8.78 Å². The molecule has 2 aromatic carbocycles. The zero-order chi connectivity index (χ0) is 36.2. The molecule has 2 aliphatic heterocycles. The number of ether oxygens (including phenoxy) is 3. The number of nitrogens with zero attached hydrogens (tertiary/aromatic N) is 5. The third-order valence-electron chi connectivity index (χ3n) is 11.8. The maximum absolute atomic E-state index is 17.0. The van der Waals surface area contributed by atoms with Crippen LogP contribution >= 0.6 is 0 Å². The minimum atomic E-state index is -1.19. The molecule has 0 amide bonds. The van der Waals surface area contributed by atoms with E-state index in [1.54, 1.807) is 14.0 Å². The molecule has 8 rings (SSSR count). The molecule has 4 fully saturated rings. The van der Waals surface area contributed by atoms with E-state index in [0.717, 1.165) is 58.1 Å². The molecule has 0 radical (unpaired) electrons. The standard InChI is InChI=1S/C40H45F2N5O5/c1-4-28-31(41)9-8-25-17-27(48)18-29(33(25)28)35-34(42)36-30(19-43-35)37(46-13-14-51-22-39(2,49)21-46)45-38(44-36)52-23-40-10-5-7-32(40)47(12-6-11-40)26-15-24(16-26)20-50-3/h1,8-9,17-19,24,26,32,48-49H,5-7,10-16,20-23H2,2-3H3/t24?,26?,32-,39+,40-/m1/s1. The highest BCUT2D eigenvalue weighted by Crippen LogP contribution is 2.51. The lowest BCUT2D eigenvalue weighted by Crippen LogP contribution is -2.58. The minimum Gasteiger partial charge on any atom is -0.508 e. The van der Waals surface area contributed by atoms with Crippen molar-refractivity contribution < 1.29 is 33.2 Å². The predicted octanol–water partition coefficient (Wildman–Crippen LogP) is 5.84. The Morgan fingerprint density at radius 2 is 1.96 bits per heavy atom. The van der Waals surface area contributed by atoms with Crippen LogP contribution in [0.5, 0.6) is 11.8 Å². The first-order chi connectivity index (χ1) is 25.1. The number of aliphatic hydroxyl groups is 1. The molecule has 2 saturated heterocycles. The molecular formula is C40H45F2N5O5. The van der Waals surface area contributed by atoms with Crippen LogP contribution in [-0.4, -0.2) is 101 Å². The highest BCUT2D eigenvalue weighted by Gasteiger charge is 2.51. The number of aromatic nitrogens is 3. The summed E-state index contributed by atoms with van der Waals surface area (Å²) in [6.07, 6.45) is 14.9. The molecule has 2 aromatic heterocycles. The van der Waals surface area contributed by atoms with Crippen molar-refractivity contribution >= 4 is 27.5 Å². The molecule has 0 spiro atoms. The molecule has 2 aliphatic carbocycles. The number of hydrogen-bond donors (Lipinski definition) is 2. The number of pyridine rings is 1. The van der Waals surface area contributed by atoms with Crippen LogP contribution in [0.25, 0.3) is 32.9 Å². The molecule has 0 unspecified atom stereocenters. The molecule has 52 heavy (non-hydrogen) atoms. The van der Waals surface area contributed by atoms with Gasteiger partial charge in [-0.05, 0) is 81.5 Å². The van der Waals surface area contributed by atoms with Crippen LogP contribution in [0.1, 0.15) is 57.4 Å². The van der Waals surface area contributed by atoms with Crippen molar-refractivity contribution in [2.24, 2.45) is 11.3 Å². The van der Waals surface area contributed by atoms with Gasteiger partial charge in [0.1, 0.15) is 34.2 Å². The molecule has 10 nitrogen and oxygen atoms in total. The van der Waals surface area contributed by atoms with Gasteiger partial charge in [0.15, 0.2) is 5.82 Å². The number of likely N-dealkylation sites (tertiary alicyclic amines) is 1. The number of phenolic OH excluding ortho intramolecular Hbond substituents is 1. The Morgan fingerprint density at radius 1 is 1.13 bits per heavy atom. The molecule has 274 valence electrons. The fourth-order valence-electron chi connectivity index (χ4n) is 9.38. The molecule has 0 bridgehead atoms. The lowest BCUT2D eigenvalue weighted by Gasteiger charge is -2.53. The van der Waals surface area contributed by atoms with Crippen molar-refractivity contribution in [2.45, 2.75) is 69.6 Å². The Morgan fingerprint density at radius 3 is 2.77 bits per heavy atom. The number of rotatable bonds is 8. The SMILES string of the molecule is C#Cc1c(F)ccc2cc(O)cc(-c3ncc4c(N5CCOC[C@@](C)(O)C5)nc(OC[C@]56CCC[C@H]5N(C5CC(COC)C5)CCC6)nc4c3F)c12. The van der Waals surface area contributed by atoms with E-state index in [2.05, 4.69) is 20.8 Å². The summed E-state index contributed by atoms with van der Waals surface area (Å²) in [4.78, 5) is 18.6. The lowest BCUT2D eigenvalue weighted by molar-refractivity contribution is -0.0622. The zero-order valence-corrected chi connectivity index (χ0v) is 29.7. The van der Waals surface area contributed by atoms with Crippen molar-refractivity contribution in [3.63, 3.8) is 0 Å². The van der Waals surface area contributed by atoms with Crippen molar-refractivity contribution in [1.82, 2.24) is 19.9 Å². The number of anilines is 1. The molecule has 12 heteroatoms. The number of methoxy groups -OCH3 is 1. The van der Waals surface area contributed by atoms with Crippen LogP contribution in [0, 0.1) is 35.3 Å². The topological polar surface area (TPSA) is 113 Å². The number of benzene rings is 2. The van der Waals surface area contributed by atoms with Crippen LogP contribution < -0.4 is 9.64 Å². The summed E-state index contributed by atoms with van der Waals surface area (Å²) < 4.78 is 49.7. The second-order valence-electron chi connectivity index (χ2n) is 15.5. The third kappa shape index (κ3) is 6.21. The van der Waals surface area contributed by atoms with E-state index in [4.69, 9.17) is 25.6 Å². The normalized spacial score (nSPS) is 28.0. The van der Waals surface area contributed by atoms with E-state index in [1.807, 2.05) is 4.90 Å². The largest absolute Gasteiger partial charge is 0.508 e. The first kappa shape index (κ1) is 34.9. The second kappa shape index (κ2) is 13.7. The summed E-state index contributed by atoms with van der Waals surface area (Å²) in [5.41, 5.74) is -1.38. The maximum atomic E-state index is 17.0. The van der Waals surface area contributed by atoms with Crippen LogP contribution in [0.3, 0.4) is 0 Å². The van der Waals surface area contributed by atoms with Gasteiger partial charge in [0.2, 0.25) is 0 Å². The van der Waals surface area contributed by atoms with Gasteiger partial charge in [-0.3, -0.25) is 9.88 Å². The van der Waals surface area contributed by atoms with Crippen LogP contribution in [0.15, 0.2) is 30.5 Å². The Bertz CT molecular complexity index is 2050. The summed E-state index contributed by atoms with van der Waals surface area (Å²) in [5.74, 6) is 1.78. The van der Waals surface area contributed by atoms with E-state index in [-0.39, 0.29) is 58.1 Å². The summed E-state index contributed by atoms with van der Waals surface area (Å²) in [5, 5.41) is 22.7. The van der Waals surface area contributed by atoms with E-state index in [9.17, 15) is 14.6 Å². The van der Waals surface area contributed by atoms with Gasteiger partial charge in [0.05, 0.1) is 37.3 Å². The zero-order valence-electron chi connectivity index (χ0n) is 29.7. The summed E-state index contributed by atoms with van der Waals surface area (Å²) in [7, 11) is 1.77. The Balaban J connectivity index is 1.20. The second-order valence-corrected chi connectivity index (χ2v) is 15.5. The van der Waals surface area contributed by atoms with Gasteiger partial charge in [-0.1, -0.05) is 18.4 Å². The average molecular weight is 714 g/mol. The number of phenols is 1. The predicted molar refractivity (Wildman–Crippen MR) is 193 cm³/mol. The third-order valence-corrected chi connectivity index (χ3v) is 11.8. The van der Waals surface area contributed by atoms with Gasteiger partial charge >= 0.3 is 6.01 Å². The van der Waals surface area contributed by atoms with Gasteiger partial charge in [-0.15, -0.1) is 6.42 Å². The molecule has 3 atom stereocenters. The number of β-amino-alcohol motifs (C(OH)–C–C–N with tert-alkyl or cyclic N) is 1. The van der Waals surface area contributed by atoms with E-state index in [1.165, 1.54) is 30.5 Å². The van der Waals surface area contributed by atoms with E-state index in [0.29, 0.717) is 54.4 Å². The van der Waals surface area contributed by atoms with Gasteiger partial charge in [-0.2, -0.15) is 9.97 Å². The maximum Gasteiger partial charge on any atom is 0.319 e. The van der Waals surface area contributed by atoms with Gasteiger partial charge in [0.25, 0.3) is 0 Å². The highest BCUT2D eigenvalue weighted by atomic mass is 19.1. The first-order valence-electron chi connectivity index (χ1n) is 18.3. The quantitative estimate of drug-likeness (QED) is 0.216. The molecule has 4 heterocycles. The van der Waals surface area contributed by atoms with Crippen LogP contribution in [0.4, 0.5) is 14.6 Å². The van der Waals surface area contributed by atoms with E-state index < -0.39 is 17.2 Å². The summed E-state index contributed by atoms with van der Waals surface area (Å²) >= 11 is 0. The number of terminal acetylenes is 1. The molecule has 4 aliphatic rings. The summed E-state index contributed by atoms with van der Waals surface area (Å²) in [6.45, 7) is 5.01. The number of hydrogen-bond acceptors (Lipinski definition) is 10. The molecular weight excluding hydrogens is 668 g/mol. The van der Waals surface area contributed by atoms with Crippen molar-refractivity contribution in [3.8, 4) is 35.4 Å². The Labute approximate surface area is 302 Å². The Hall–Kier alpha value is -4.15. The molecule has 2 N–H and O–H groups in total. The number of piperidine rings is 1. The molecule has 2 saturated carbocycles. The van der Waals surface area contributed by atoms with Crippen LogP contribution in [-0.2, 0) is 9.47 Å². The molecule has 4 aromatic rings. The van der Waals surface area contributed by atoms with Crippen LogP contribution in [0.2, 0.25) is 0 Å².